The molecule has 0 amide bonds. The standard InChI is InChI=1S/C10H12F3N3O3S/c1-7(15-17)8-3-2-4-9(5-8)16-20(18,19)14-6-10(11,12)13/h2-5,14,16-17H,6H2,1H3/b15-7-. The maximum Gasteiger partial charge on any atom is 0.402 e. The lowest BCUT2D eigenvalue weighted by atomic mass is 10.1. The molecule has 0 radical (unpaired) electrons. The smallest absolute Gasteiger partial charge is 0.402 e. The molecule has 0 saturated carbocycles. The highest BCUT2D eigenvalue weighted by Crippen LogP contribution is 2.15. The van der Waals surface area contributed by atoms with Crippen molar-refractivity contribution in [3.8, 4) is 0 Å². The molecule has 6 nitrogen and oxygen atoms in total. The minimum absolute atomic E-state index is 0.0418. The molecular formula is C10H12F3N3O3S. The summed E-state index contributed by atoms with van der Waals surface area (Å²) in [5, 5.41) is 11.5. The first kappa shape index (κ1) is 16.2. The monoisotopic (exact) mass is 311 g/mol. The average molecular weight is 311 g/mol. The van der Waals surface area contributed by atoms with Gasteiger partial charge in [-0.2, -0.15) is 26.3 Å². The Labute approximate surface area is 113 Å². The predicted octanol–water partition coefficient (Wildman–Crippen LogP) is 1.69. The Hall–Kier alpha value is -1.81. The van der Waals surface area contributed by atoms with Crippen molar-refractivity contribution in [1.82, 2.24) is 4.72 Å². The minimum atomic E-state index is -4.64. The summed E-state index contributed by atoms with van der Waals surface area (Å²) in [5.41, 5.74) is 0.693. The molecule has 1 rings (SSSR count). The summed E-state index contributed by atoms with van der Waals surface area (Å²) in [4.78, 5) is 0. The van der Waals surface area contributed by atoms with E-state index in [1.807, 2.05) is 4.72 Å². The number of benzene rings is 1. The van der Waals surface area contributed by atoms with Gasteiger partial charge in [0.05, 0.1) is 11.4 Å². The third kappa shape index (κ3) is 5.45. The number of oxime groups is 1. The number of hydrogen-bond acceptors (Lipinski definition) is 4. The quantitative estimate of drug-likeness (QED) is 0.439. The summed E-state index contributed by atoms with van der Waals surface area (Å²) >= 11 is 0. The number of hydrogen-bond donors (Lipinski definition) is 3. The van der Waals surface area contributed by atoms with Crippen molar-refractivity contribution in [2.45, 2.75) is 13.1 Å². The van der Waals surface area contributed by atoms with Crippen LogP contribution in [0.2, 0.25) is 0 Å². The van der Waals surface area contributed by atoms with Crippen molar-refractivity contribution < 1.29 is 26.8 Å². The van der Waals surface area contributed by atoms with E-state index in [4.69, 9.17) is 5.21 Å². The first-order valence-corrected chi connectivity index (χ1v) is 6.74. The van der Waals surface area contributed by atoms with Gasteiger partial charge in [-0.25, -0.2) is 0 Å². The molecule has 0 aliphatic carbocycles. The summed E-state index contributed by atoms with van der Waals surface area (Å²) < 4.78 is 61.9. The zero-order valence-corrected chi connectivity index (χ0v) is 11.1. The molecule has 3 N–H and O–H groups in total. The number of alkyl halides is 3. The highest BCUT2D eigenvalue weighted by molar-refractivity contribution is 7.90. The van der Waals surface area contributed by atoms with Crippen LogP contribution >= 0.6 is 0 Å². The second-order valence-corrected chi connectivity index (χ2v) is 5.31. The number of rotatable bonds is 5. The highest BCUT2D eigenvalue weighted by Gasteiger charge is 2.29. The van der Waals surface area contributed by atoms with Gasteiger partial charge in [0.25, 0.3) is 10.2 Å². The molecule has 0 atom stereocenters. The molecule has 10 heteroatoms. The van der Waals surface area contributed by atoms with Gasteiger partial charge in [0, 0.05) is 5.56 Å². The van der Waals surface area contributed by atoms with Crippen LogP contribution in [0.4, 0.5) is 18.9 Å². The first-order chi connectivity index (χ1) is 9.13. The normalized spacial score (nSPS) is 13.3. The van der Waals surface area contributed by atoms with E-state index in [1.165, 1.54) is 29.8 Å². The van der Waals surface area contributed by atoms with E-state index in [-0.39, 0.29) is 11.4 Å². The molecule has 0 aliphatic rings. The zero-order valence-electron chi connectivity index (χ0n) is 10.3. The minimum Gasteiger partial charge on any atom is -0.411 e. The summed E-state index contributed by atoms with van der Waals surface area (Å²) in [6.07, 6.45) is -4.64. The number of anilines is 1. The lowest BCUT2D eigenvalue weighted by Crippen LogP contribution is -2.37. The maximum atomic E-state index is 11.9. The van der Waals surface area contributed by atoms with Crippen LogP contribution in [0.1, 0.15) is 12.5 Å². The zero-order chi connectivity index (χ0) is 15.4. The van der Waals surface area contributed by atoms with Gasteiger partial charge in [-0.3, -0.25) is 4.72 Å². The highest BCUT2D eigenvalue weighted by atomic mass is 32.2. The summed E-state index contributed by atoms with van der Waals surface area (Å²) in [5.74, 6) is 0. The van der Waals surface area contributed by atoms with Gasteiger partial charge in [-0.05, 0) is 19.1 Å². The molecule has 0 aromatic heterocycles. The second-order valence-electron chi connectivity index (χ2n) is 3.81. The van der Waals surface area contributed by atoms with Crippen LogP contribution in [0.25, 0.3) is 0 Å². The molecule has 0 heterocycles. The number of nitrogens with zero attached hydrogens (tertiary/aromatic N) is 1. The van der Waals surface area contributed by atoms with Crippen LogP contribution in [0.15, 0.2) is 29.4 Å². The molecular weight excluding hydrogens is 299 g/mol. The Morgan fingerprint density at radius 1 is 1.40 bits per heavy atom. The third-order valence-corrected chi connectivity index (χ3v) is 3.17. The summed E-state index contributed by atoms with van der Waals surface area (Å²) in [6, 6.07) is 5.68. The van der Waals surface area contributed by atoms with Crippen LogP contribution in [-0.2, 0) is 10.2 Å². The van der Waals surface area contributed by atoms with Gasteiger partial charge < -0.3 is 5.21 Å². The van der Waals surface area contributed by atoms with Gasteiger partial charge in [0.1, 0.15) is 6.54 Å². The van der Waals surface area contributed by atoms with E-state index in [0.29, 0.717) is 5.56 Å². The Kier molecular flexibility index (Phi) is 4.95. The molecule has 0 fully saturated rings. The number of halogens is 3. The van der Waals surface area contributed by atoms with E-state index in [1.54, 1.807) is 6.07 Å². The molecule has 20 heavy (non-hydrogen) atoms. The van der Waals surface area contributed by atoms with E-state index in [0.717, 1.165) is 0 Å². The molecule has 1 aromatic carbocycles. The lowest BCUT2D eigenvalue weighted by molar-refractivity contribution is -0.121. The molecule has 0 unspecified atom stereocenters. The van der Waals surface area contributed by atoms with E-state index in [9.17, 15) is 21.6 Å². The Balaban J connectivity index is 2.83. The van der Waals surface area contributed by atoms with Crippen molar-refractivity contribution in [1.29, 1.82) is 0 Å². The fourth-order valence-electron chi connectivity index (χ4n) is 1.23. The third-order valence-electron chi connectivity index (χ3n) is 2.15. The Morgan fingerprint density at radius 2 is 2.05 bits per heavy atom. The van der Waals surface area contributed by atoms with Crippen molar-refractivity contribution in [2.75, 3.05) is 11.3 Å². The molecule has 0 bridgehead atoms. The molecule has 0 aliphatic heterocycles. The van der Waals surface area contributed by atoms with Gasteiger partial charge in [-0.1, -0.05) is 17.3 Å². The van der Waals surface area contributed by atoms with Crippen molar-refractivity contribution >= 4 is 21.6 Å². The topological polar surface area (TPSA) is 90.8 Å². The summed E-state index contributed by atoms with van der Waals surface area (Å²) in [6.45, 7) is -0.186. The molecule has 0 saturated heterocycles. The Bertz CT molecular complexity index is 599. The van der Waals surface area contributed by atoms with Gasteiger partial charge in [0.15, 0.2) is 0 Å². The van der Waals surface area contributed by atoms with Gasteiger partial charge in [-0.15, -0.1) is 0 Å². The van der Waals surface area contributed by atoms with E-state index in [2.05, 4.69) is 5.16 Å². The van der Waals surface area contributed by atoms with Crippen LogP contribution in [0.3, 0.4) is 0 Å². The van der Waals surface area contributed by atoms with Crippen LogP contribution in [0, 0.1) is 0 Å². The average Bonchev–Trinajstić information content (AvgIpc) is 2.35. The van der Waals surface area contributed by atoms with Crippen molar-refractivity contribution in [3.63, 3.8) is 0 Å². The van der Waals surface area contributed by atoms with E-state index < -0.39 is 22.9 Å². The van der Waals surface area contributed by atoms with Crippen LogP contribution in [-0.4, -0.2) is 32.1 Å². The molecule has 1 aromatic rings. The fourth-order valence-corrected chi connectivity index (χ4v) is 2.10. The van der Waals surface area contributed by atoms with Gasteiger partial charge in [0.2, 0.25) is 0 Å². The number of nitrogens with one attached hydrogen (secondary N) is 2. The molecule has 112 valence electrons. The first-order valence-electron chi connectivity index (χ1n) is 5.26. The SMILES string of the molecule is C/C(=N/O)c1cccc(NS(=O)(=O)NCC(F)(F)F)c1. The summed E-state index contributed by atoms with van der Waals surface area (Å²) in [7, 11) is -4.34. The van der Waals surface area contributed by atoms with Crippen molar-refractivity contribution in [2.24, 2.45) is 5.16 Å². The largest absolute Gasteiger partial charge is 0.411 e. The van der Waals surface area contributed by atoms with Crippen molar-refractivity contribution in [3.05, 3.63) is 29.8 Å². The van der Waals surface area contributed by atoms with Crippen LogP contribution in [0.5, 0.6) is 0 Å². The predicted molar refractivity (Wildman–Crippen MR) is 67.0 cm³/mol. The van der Waals surface area contributed by atoms with Crippen LogP contribution < -0.4 is 9.44 Å². The molecule has 0 spiro atoms. The van der Waals surface area contributed by atoms with E-state index >= 15 is 0 Å². The second kappa shape index (κ2) is 6.09. The fraction of sp³-hybridized carbons (Fsp3) is 0.300. The lowest BCUT2D eigenvalue weighted by Gasteiger charge is -2.11. The van der Waals surface area contributed by atoms with Gasteiger partial charge >= 0.3 is 6.18 Å². The Morgan fingerprint density at radius 3 is 2.60 bits per heavy atom. The maximum absolute atomic E-state index is 11.9.